The summed E-state index contributed by atoms with van der Waals surface area (Å²) in [6.07, 6.45) is 1.60. The topological polar surface area (TPSA) is 84.0 Å². The van der Waals surface area contributed by atoms with Gasteiger partial charge >= 0.3 is 0 Å². The van der Waals surface area contributed by atoms with Gasteiger partial charge in [-0.3, -0.25) is 14.9 Å². The van der Waals surface area contributed by atoms with Crippen LogP contribution in [0.4, 0.5) is 10.8 Å². The summed E-state index contributed by atoms with van der Waals surface area (Å²) < 4.78 is 0. The number of nitrogens with zero attached hydrogens (tertiary/aromatic N) is 2. The first kappa shape index (κ1) is 22.0. The van der Waals surface area contributed by atoms with Crippen molar-refractivity contribution in [3.63, 3.8) is 0 Å². The van der Waals surface area contributed by atoms with Gasteiger partial charge in [0, 0.05) is 22.1 Å². The number of hydrogen-bond acceptors (Lipinski definition) is 6. The molecule has 2 aromatic carbocycles. The van der Waals surface area contributed by atoms with Crippen LogP contribution in [0.25, 0.3) is 0 Å². The number of carbonyl (C=O) groups is 2. The van der Waals surface area contributed by atoms with Gasteiger partial charge in [0.25, 0.3) is 5.91 Å². The quantitative estimate of drug-likeness (QED) is 0.432. The second kappa shape index (κ2) is 10.9. The molecule has 0 aliphatic rings. The van der Waals surface area contributed by atoms with Gasteiger partial charge in [-0.15, -0.1) is 22.0 Å². The summed E-state index contributed by atoms with van der Waals surface area (Å²) in [4.78, 5) is 25.8. The molecule has 0 spiro atoms. The van der Waals surface area contributed by atoms with Gasteiger partial charge in [-0.25, -0.2) is 0 Å². The predicted molar refractivity (Wildman–Crippen MR) is 123 cm³/mol. The first-order chi connectivity index (χ1) is 14.6. The Balaban J connectivity index is 1.53. The summed E-state index contributed by atoms with van der Waals surface area (Å²) in [6.45, 7) is 4.00. The Morgan fingerprint density at radius 1 is 0.967 bits per heavy atom. The third-order valence-electron chi connectivity index (χ3n) is 4.56. The van der Waals surface area contributed by atoms with Crippen LogP contribution in [-0.2, 0) is 10.5 Å². The minimum absolute atomic E-state index is 0.000344. The maximum absolute atomic E-state index is 12.5. The monoisotopic (exact) mass is 440 g/mol. The Morgan fingerprint density at radius 2 is 1.67 bits per heavy atom. The van der Waals surface area contributed by atoms with Crippen molar-refractivity contribution in [3.8, 4) is 0 Å². The van der Waals surface area contributed by atoms with Crippen LogP contribution in [0.15, 0.2) is 59.5 Å². The molecule has 0 bridgehead atoms. The first-order valence-electron chi connectivity index (χ1n) is 9.81. The molecule has 0 unspecified atom stereocenters. The maximum atomic E-state index is 12.5. The molecule has 8 heteroatoms. The summed E-state index contributed by atoms with van der Waals surface area (Å²) >= 11 is 3.04. The molecule has 3 rings (SSSR count). The Morgan fingerprint density at radius 3 is 2.33 bits per heavy atom. The molecule has 30 heavy (non-hydrogen) atoms. The van der Waals surface area contributed by atoms with Crippen molar-refractivity contribution in [3.05, 3.63) is 65.2 Å². The number of benzene rings is 2. The van der Waals surface area contributed by atoms with E-state index in [1.54, 1.807) is 36.0 Å². The van der Waals surface area contributed by atoms with E-state index in [1.807, 2.05) is 44.2 Å². The van der Waals surface area contributed by atoms with Crippen molar-refractivity contribution in [2.45, 2.75) is 37.3 Å². The lowest BCUT2D eigenvalue weighted by molar-refractivity contribution is -0.120. The van der Waals surface area contributed by atoms with Crippen molar-refractivity contribution in [1.82, 2.24) is 10.2 Å². The van der Waals surface area contributed by atoms with Gasteiger partial charge in [-0.1, -0.05) is 43.4 Å². The van der Waals surface area contributed by atoms with Gasteiger partial charge in [-0.05, 0) is 49.2 Å². The van der Waals surface area contributed by atoms with E-state index >= 15 is 0 Å². The van der Waals surface area contributed by atoms with Crippen LogP contribution < -0.4 is 10.6 Å². The van der Waals surface area contributed by atoms with Gasteiger partial charge in [0.15, 0.2) is 0 Å². The SMILES string of the molecule is CCC(CC)C(=O)Nc1ccc(C(=O)Nc2nnc(CSc3ccccc3)s2)cc1. The average molecular weight is 441 g/mol. The predicted octanol–water partition coefficient (Wildman–Crippen LogP) is 5.46. The molecule has 0 saturated heterocycles. The zero-order valence-corrected chi connectivity index (χ0v) is 18.6. The Bertz CT molecular complexity index is 970. The van der Waals surface area contributed by atoms with Crippen molar-refractivity contribution in [2.24, 2.45) is 5.92 Å². The Kier molecular flexibility index (Phi) is 7.98. The van der Waals surface area contributed by atoms with Crippen molar-refractivity contribution < 1.29 is 9.59 Å². The molecule has 2 amide bonds. The third kappa shape index (κ3) is 6.14. The van der Waals surface area contributed by atoms with E-state index in [-0.39, 0.29) is 17.7 Å². The van der Waals surface area contributed by atoms with Crippen molar-refractivity contribution in [2.75, 3.05) is 10.6 Å². The largest absolute Gasteiger partial charge is 0.326 e. The molecular formula is C22H24N4O2S2. The van der Waals surface area contributed by atoms with Crippen LogP contribution >= 0.6 is 23.1 Å². The molecular weight excluding hydrogens is 416 g/mol. The van der Waals surface area contributed by atoms with E-state index in [2.05, 4.69) is 20.8 Å². The number of amides is 2. The molecule has 0 atom stereocenters. The second-order valence-electron chi connectivity index (χ2n) is 6.64. The molecule has 0 radical (unpaired) electrons. The summed E-state index contributed by atoms with van der Waals surface area (Å²) in [7, 11) is 0. The van der Waals surface area contributed by atoms with Crippen molar-refractivity contribution in [1.29, 1.82) is 0 Å². The third-order valence-corrected chi connectivity index (χ3v) is 6.61. The normalized spacial score (nSPS) is 10.8. The highest BCUT2D eigenvalue weighted by Crippen LogP contribution is 2.26. The maximum Gasteiger partial charge on any atom is 0.257 e. The number of anilines is 2. The number of aromatic nitrogens is 2. The van der Waals surface area contributed by atoms with E-state index < -0.39 is 0 Å². The fraction of sp³-hybridized carbons (Fsp3) is 0.273. The zero-order valence-electron chi connectivity index (χ0n) is 16.9. The molecule has 2 N–H and O–H groups in total. The van der Waals surface area contributed by atoms with Gasteiger partial charge in [-0.2, -0.15) is 0 Å². The number of hydrogen-bond donors (Lipinski definition) is 2. The number of carbonyl (C=O) groups excluding carboxylic acids is 2. The summed E-state index contributed by atoms with van der Waals surface area (Å²) in [5.74, 6) is 0.445. The molecule has 6 nitrogen and oxygen atoms in total. The Hall–Kier alpha value is -2.71. The van der Waals surface area contributed by atoms with Gasteiger partial charge in [0.1, 0.15) is 5.01 Å². The van der Waals surface area contributed by atoms with E-state index in [0.29, 0.717) is 22.1 Å². The number of rotatable bonds is 9. The zero-order chi connectivity index (χ0) is 21.3. The minimum atomic E-state index is -0.258. The van der Waals surface area contributed by atoms with Crippen LogP contribution in [0, 0.1) is 5.92 Å². The van der Waals surface area contributed by atoms with Crippen LogP contribution in [0.1, 0.15) is 42.1 Å². The molecule has 1 heterocycles. The first-order valence-corrected chi connectivity index (χ1v) is 11.6. The number of nitrogens with one attached hydrogen (secondary N) is 2. The standard InChI is InChI=1S/C22H24N4O2S2/c1-3-15(4-2)20(27)23-17-12-10-16(11-13-17)21(28)24-22-26-25-19(30-22)14-29-18-8-6-5-7-9-18/h5-13,15H,3-4,14H2,1-2H3,(H,23,27)(H,24,26,28). The summed E-state index contributed by atoms with van der Waals surface area (Å²) in [6, 6.07) is 16.9. The average Bonchev–Trinajstić information content (AvgIpc) is 3.21. The summed E-state index contributed by atoms with van der Waals surface area (Å²) in [5.41, 5.74) is 1.17. The van der Waals surface area contributed by atoms with E-state index in [9.17, 15) is 9.59 Å². The van der Waals surface area contributed by atoms with Gasteiger partial charge < -0.3 is 5.32 Å². The molecule has 0 aliphatic carbocycles. The lowest BCUT2D eigenvalue weighted by Crippen LogP contribution is -2.21. The molecule has 3 aromatic rings. The van der Waals surface area contributed by atoms with Crippen molar-refractivity contribution >= 4 is 45.7 Å². The molecule has 0 saturated carbocycles. The second-order valence-corrected chi connectivity index (χ2v) is 8.75. The minimum Gasteiger partial charge on any atom is -0.326 e. The lowest BCUT2D eigenvalue weighted by atomic mass is 10.0. The van der Waals surface area contributed by atoms with Gasteiger partial charge in [0.05, 0.1) is 5.75 Å². The van der Waals surface area contributed by atoms with Crippen LogP contribution in [0.3, 0.4) is 0 Å². The fourth-order valence-electron chi connectivity index (χ4n) is 2.80. The van der Waals surface area contributed by atoms with Gasteiger partial charge in [0.2, 0.25) is 11.0 Å². The molecule has 0 fully saturated rings. The Labute approximate surface area is 184 Å². The molecule has 0 aliphatic heterocycles. The highest BCUT2D eigenvalue weighted by Gasteiger charge is 2.15. The highest BCUT2D eigenvalue weighted by molar-refractivity contribution is 7.98. The number of thioether (sulfide) groups is 1. The molecule has 156 valence electrons. The fourth-order valence-corrected chi connectivity index (χ4v) is 4.44. The summed E-state index contributed by atoms with van der Waals surface area (Å²) in [5, 5.41) is 15.2. The van der Waals surface area contributed by atoms with E-state index in [4.69, 9.17) is 0 Å². The van der Waals surface area contributed by atoms with E-state index in [0.717, 1.165) is 22.7 Å². The highest BCUT2D eigenvalue weighted by atomic mass is 32.2. The van der Waals surface area contributed by atoms with Crippen LogP contribution in [0.5, 0.6) is 0 Å². The van der Waals surface area contributed by atoms with Crippen LogP contribution in [0.2, 0.25) is 0 Å². The lowest BCUT2D eigenvalue weighted by Gasteiger charge is -2.12. The van der Waals surface area contributed by atoms with E-state index in [1.165, 1.54) is 11.3 Å². The smallest absolute Gasteiger partial charge is 0.257 e. The van der Waals surface area contributed by atoms with Crippen LogP contribution in [-0.4, -0.2) is 22.0 Å². The molecule has 1 aromatic heterocycles.